The first-order valence-electron chi connectivity index (χ1n) is 8.13. The molecule has 0 unspecified atom stereocenters. The van der Waals surface area contributed by atoms with Crippen LogP contribution in [0.25, 0.3) is 0 Å². The number of aryl methyl sites for hydroxylation is 2. The summed E-state index contributed by atoms with van der Waals surface area (Å²) < 4.78 is 19.1. The number of likely N-dealkylation sites (tertiary alicyclic amines) is 1. The van der Waals surface area contributed by atoms with Crippen molar-refractivity contribution in [3.8, 4) is 0 Å². The smallest absolute Gasteiger partial charge is 0.150 e. The highest BCUT2D eigenvalue weighted by Crippen LogP contribution is 2.23. The maximum Gasteiger partial charge on any atom is 0.150 e. The van der Waals surface area contributed by atoms with Gasteiger partial charge in [0.2, 0.25) is 0 Å². The van der Waals surface area contributed by atoms with Crippen LogP contribution in [-0.2, 0) is 13.0 Å². The summed E-state index contributed by atoms with van der Waals surface area (Å²) in [5.41, 5.74) is 2.95. The first kappa shape index (κ1) is 15.9. The Morgan fingerprint density at radius 3 is 3.04 bits per heavy atom. The van der Waals surface area contributed by atoms with Gasteiger partial charge in [-0.25, -0.2) is 4.39 Å². The van der Waals surface area contributed by atoms with Gasteiger partial charge < -0.3 is 9.84 Å². The monoisotopic (exact) mass is 318 g/mol. The Morgan fingerprint density at radius 2 is 2.30 bits per heavy atom. The molecule has 0 aromatic carbocycles. The zero-order valence-electron chi connectivity index (χ0n) is 13.6. The molecule has 0 amide bonds. The maximum atomic E-state index is 13.9. The highest BCUT2D eigenvalue weighted by Gasteiger charge is 2.32. The number of pyridine rings is 1. The quantitative estimate of drug-likeness (QED) is 0.887. The molecule has 1 fully saturated rings. The summed E-state index contributed by atoms with van der Waals surface area (Å²) in [5, 5.41) is 7.31. The van der Waals surface area contributed by atoms with Crippen molar-refractivity contribution in [3.05, 3.63) is 41.5 Å². The van der Waals surface area contributed by atoms with Gasteiger partial charge in [-0.2, -0.15) is 0 Å². The standard InChI is InChI=1S/C17H23FN4O/c1-3-14-8-15(4-5-19-14)20-9-16-7-13(18)10-22(16)11-17-6-12(2)21-23-17/h4-6,8,13,16H,3,7,9-11H2,1-2H3,(H,19,20)/t13-,16-/m0/s1. The summed E-state index contributed by atoms with van der Waals surface area (Å²) in [6, 6.07) is 6.05. The van der Waals surface area contributed by atoms with Gasteiger partial charge in [-0.3, -0.25) is 9.88 Å². The van der Waals surface area contributed by atoms with E-state index in [2.05, 4.69) is 27.3 Å². The molecule has 2 atom stereocenters. The molecule has 1 N–H and O–H groups in total. The van der Waals surface area contributed by atoms with Crippen molar-refractivity contribution in [2.24, 2.45) is 0 Å². The molecular weight excluding hydrogens is 295 g/mol. The molecule has 0 aliphatic carbocycles. The van der Waals surface area contributed by atoms with Crippen molar-refractivity contribution in [1.29, 1.82) is 0 Å². The minimum absolute atomic E-state index is 0.147. The number of hydrogen-bond acceptors (Lipinski definition) is 5. The normalized spacial score (nSPS) is 21.7. The predicted molar refractivity (Wildman–Crippen MR) is 87.1 cm³/mol. The Morgan fingerprint density at radius 1 is 1.43 bits per heavy atom. The summed E-state index contributed by atoms with van der Waals surface area (Å²) in [5.74, 6) is 0.791. The molecule has 0 spiro atoms. The molecule has 0 bridgehead atoms. The van der Waals surface area contributed by atoms with E-state index in [0.29, 0.717) is 26.1 Å². The lowest BCUT2D eigenvalue weighted by Gasteiger charge is -2.23. The molecular formula is C17H23FN4O. The van der Waals surface area contributed by atoms with Gasteiger partial charge in [-0.15, -0.1) is 0 Å². The minimum Gasteiger partial charge on any atom is -0.383 e. The van der Waals surface area contributed by atoms with Crippen molar-refractivity contribution < 1.29 is 8.91 Å². The van der Waals surface area contributed by atoms with Crippen molar-refractivity contribution in [3.63, 3.8) is 0 Å². The van der Waals surface area contributed by atoms with Crippen LogP contribution in [0.4, 0.5) is 10.1 Å². The molecule has 0 radical (unpaired) electrons. The van der Waals surface area contributed by atoms with Gasteiger partial charge in [0.05, 0.1) is 12.2 Å². The van der Waals surface area contributed by atoms with E-state index in [1.807, 2.05) is 31.3 Å². The topological polar surface area (TPSA) is 54.2 Å². The van der Waals surface area contributed by atoms with Crippen LogP contribution in [0.5, 0.6) is 0 Å². The van der Waals surface area contributed by atoms with Crippen LogP contribution in [0.15, 0.2) is 28.9 Å². The van der Waals surface area contributed by atoms with Gasteiger partial charge in [0.1, 0.15) is 6.17 Å². The molecule has 0 saturated carbocycles. The van der Waals surface area contributed by atoms with E-state index >= 15 is 0 Å². The number of anilines is 1. The van der Waals surface area contributed by atoms with Crippen LogP contribution in [0.3, 0.4) is 0 Å². The number of rotatable bonds is 6. The van der Waals surface area contributed by atoms with Crippen molar-refractivity contribution >= 4 is 5.69 Å². The largest absolute Gasteiger partial charge is 0.383 e. The number of aromatic nitrogens is 2. The molecule has 1 aliphatic heterocycles. The molecule has 3 rings (SSSR count). The Hall–Kier alpha value is -1.95. The number of alkyl halides is 1. The number of nitrogens with zero attached hydrogens (tertiary/aromatic N) is 3. The Labute approximate surface area is 135 Å². The lowest BCUT2D eigenvalue weighted by Crippen LogP contribution is -2.34. The Bertz CT molecular complexity index is 645. The van der Waals surface area contributed by atoms with Crippen LogP contribution in [0.2, 0.25) is 0 Å². The second-order valence-electron chi connectivity index (χ2n) is 6.12. The summed E-state index contributed by atoms with van der Waals surface area (Å²) >= 11 is 0. The predicted octanol–water partition coefficient (Wildman–Crippen LogP) is 2.96. The van der Waals surface area contributed by atoms with Crippen LogP contribution >= 0.6 is 0 Å². The molecule has 1 saturated heterocycles. The van der Waals surface area contributed by atoms with Crippen LogP contribution in [0.1, 0.15) is 30.5 Å². The van der Waals surface area contributed by atoms with Gasteiger partial charge in [0, 0.05) is 42.8 Å². The number of hydrogen-bond donors (Lipinski definition) is 1. The Balaban J connectivity index is 1.60. The van der Waals surface area contributed by atoms with Gasteiger partial charge in [0.15, 0.2) is 5.76 Å². The molecule has 23 heavy (non-hydrogen) atoms. The maximum absolute atomic E-state index is 13.9. The number of halogens is 1. The molecule has 6 heteroatoms. The third kappa shape index (κ3) is 4.07. The SMILES string of the molecule is CCc1cc(NC[C@@H]2C[C@H](F)CN2Cc2cc(C)no2)ccn1. The highest BCUT2D eigenvalue weighted by atomic mass is 19.1. The van der Waals surface area contributed by atoms with Crippen molar-refractivity contribution in [1.82, 2.24) is 15.0 Å². The average molecular weight is 318 g/mol. The van der Waals surface area contributed by atoms with E-state index < -0.39 is 6.17 Å². The second-order valence-corrected chi connectivity index (χ2v) is 6.12. The molecule has 1 aliphatic rings. The lowest BCUT2D eigenvalue weighted by atomic mass is 10.2. The first-order chi connectivity index (χ1) is 11.1. The molecule has 3 heterocycles. The summed E-state index contributed by atoms with van der Waals surface area (Å²) in [6.07, 6.45) is 2.48. The molecule has 2 aromatic heterocycles. The van der Waals surface area contributed by atoms with Gasteiger partial charge >= 0.3 is 0 Å². The van der Waals surface area contributed by atoms with Crippen LogP contribution < -0.4 is 5.32 Å². The highest BCUT2D eigenvalue weighted by molar-refractivity contribution is 5.43. The van der Waals surface area contributed by atoms with E-state index in [-0.39, 0.29) is 6.04 Å². The minimum atomic E-state index is -0.783. The fourth-order valence-electron chi connectivity index (χ4n) is 3.04. The number of nitrogens with one attached hydrogen (secondary N) is 1. The summed E-state index contributed by atoms with van der Waals surface area (Å²) in [7, 11) is 0. The zero-order chi connectivity index (χ0) is 16.2. The van der Waals surface area contributed by atoms with Gasteiger partial charge in [-0.05, 0) is 31.9 Å². The van der Waals surface area contributed by atoms with Crippen LogP contribution in [0, 0.1) is 6.92 Å². The molecule has 2 aromatic rings. The van der Waals surface area contributed by atoms with Crippen LogP contribution in [-0.4, -0.2) is 40.3 Å². The van der Waals surface area contributed by atoms with E-state index in [1.165, 1.54) is 0 Å². The fourth-order valence-corrected chi connectivity index (χ4v) is 3.04. The average Bonchev–Trinajstić information content (AvgIpc) is 3.11. The summed E-state index contributed by atoms with van der Waals surface area (Å²) in [6.45, 7) is 5.73. The third-order valence-corrected chi connectivity index (χ3v) is 4.23. The zero-order valence-corrected chi connectivity index (χ0v) is 13.6. The third-order valence-electron chi connectivity index (χ3n) is 4.23. The van der Waals surface area contributed by atoms with E-state index in [0.717, 1.165) is 29.3 Å². The van der Waals surface area contributed by atoms with Gasteiger partial charge in [-0.1, -0.05) is 12.1 Å². The fraction of sp³-hybridized carbons (Fsp3) is 0.529. The summed E-state index contributed by atoms with van der Waals surface area (Å²) in [4.78, 5) is 6.42. The molecule has 5 nitrogen and oxygen atoms in total. The van der Waals surface area contributed by atoms with Crippen molar-refractivity contribution in [2.75, 3.05) is 18.4 Å². The van der Waals surface area contributed by atoms with E-state index in [9.17, 15) is 4.39 Å². The van der Waals surface area contributed by atoms with E-state index in [1.54, 1.807) is 0 Å². The molecule has 124 valence electrons. The van der Waals surface area contributed by atoms with Gasteiger partial charge in [0.25, 0.3) is 0 Å². The van der Waals surface area contributed by atoms with E-state index in [4.69, 9.17) is 4.52 Å². The second kappa shape index (κ2) is 7.08. The first-order valence-corrected chi connectivity index (χ1v) is 8.13. The lowest BCUT2D eigenvalue weighted by molar-refractivity contribution is 0.213. The van der Waals surface area contributed by atoms with Crippen molar-refractivity contribution in [2.45, 2.75) is 45.4 Å². The Kier molecular flexibility index (Phi) is 4.91.